The molecule has 2 aliphatic heterocycles. The normalized spacial score (nSPS) is 22.5. The minimum Gasteiger partial charge on any atom is -0.495 e. The Hall–Kier alpha value is -1.79. The number of amides is 1. The number of morpholine rings is 1. The number of nitrogens with one attached hydrogen (secondary N) is 1. The van der Waals surface area contributed by atoms with Gasteiger partial charge < -0.3 is 24.6 Å². The summed E-state index contributed by atoms with van der Waals surface area (Å²) < 4.78 is 10.8. The van der Waals surface area contributed by atoms with Crippen molar-refractivity contribution in [3.8, 4) is 5.75 Å². The Kier molecular flexibility index (Phi) is 4.80. The highest BCUT2D eigenvalue weighted by Crippen LogP contribution is 2.28. The van der Waals surface area contributed by atoms with Gasteiger partial charge in [-0.2, -0.15) is 0 Å². The molecule has 120 valence electrons. The van der Waals surface area contributed by atoms with E-state index in [4.69, 9.17) is 9.47 Å². The molecule has 3 rings (SSSR count). The Morgan fingerprint density at radius 1 is 1.27 bits per heavy atom. The van der Waals surface area contributed by atoms with Gasteiger partial charge in [0.05, 0.1) is 26.0 Å². The molecular weight excluding hydrogens is 282 g/mol. The monoisotopic (exact) mass is 305 g/mol. The summed E-state index contributed by atoms with van der Waals surface area (Å²) in [5.74, 6) is 1.03. The molecule has 6 nitrogen and oxygen atoms in total. The maximum Gasteiger partial charge on any atom is 0.242 e. The third kappa shape index (κ3) is 3.18. The molecule has 2 heterocycles. The Bertz CT molecular complexity index is 509. The van der Waals surface area contributed by atoms with E-state index in [9.17, 15) is 4.79 Å². The van der Waals surface area contributed by atoms with Crippen LogP contribution in [0.25, 0.3) is 0 Å². The van der Waals surface area contributed by atoms with Crippen LogP contribution in [-0.2, 0) is 9.53 Å². The van der Waals surface area contributed by atoms with E-state index in [1.807, 2.05) is 23.1 Å². The summed E-state index contributed by atoms with van der Waals surface area (Å²) in [6.45, 7) is 5.01. The summed E-state index contributed by atoms with van der Waals surface area (Å²) in [4.78, 5) is 16.7. The summed E-state index contributed by atoms with van der Waals surface area (Å²) in [5, 5.41) is 3.23. The Balaban J connectivity index is 1.59. The summed E-state index contributed by atoms with van der Waals surface area (Å²) in [6.07, 6.45) is 0. The summed E-state index contributed by atoms with van der Waals surface area (Å²) >= 11 is 0. The molecule has 6 heteroatoms. The molecule has 1 atom stereocenters. The van der Waals surface area contributed by atoms with Crippen molar-refractivity contribution < 1.29 is 14.3 Å². The van der Waals surface area contributed by atoms with Crippen LogP contribution < -0.4 is 15.0 Å². The number of ether oxygens (including phenoxy) is 2. The number of carbonyl (C=O) groups excluding carboxylic acids is 1. The molecule has 1 amide bonds. The minimum atomic E-state index is -0.188. The number of para-hydroxylation sites is 2. The molecule has 0 saturated carbocycles. The Labute approximate surface area is 131 Å². The van der Waals surface area contributed by atoms with E-state index < -0.39 is 0 Å². The van der Waals surface area contributed by atoms with Gasteiger partial charge in [-0.05, 0) is 12.1 Å². The second-order valence-electron chi connectivity index (χ2n) is 5.57. The predicted octanol–water partition coefficient (Wildman–Crippen LogP) is 0.332. The molecule has 0 spiro atoms. The van der Waals surface area contributed by atoms with Crippen molar-refractivity contribution in [1.82, 2.24) is 10.2 Å². The lowest BCUT2D eigenvalue weighted by molar-refractivity contribution is -0.136. The van der Waals surface area contributed by atoms with Crippen LogP contribution in [0.3, 0.4) is 0 Å². The fourth-order valence-electron chi connectivity index (χ4n) is 3.00. The molecule has 0 radical (unpaired) electrons. The Morgan fingerprint density at radius 2 is 2.05 bits per heavy atom. The van der Waals surface area contributed by atoms with E-state index in [-0.39, 0.29) is 11.9 Å². The Morgan fingerprint density at radius 3 is 2.73 bits per heavy atom. The second-order valence-corrected chi connectivity index (χ2v) is 5.57. The average molecular weight is 305 g/mol. The van der Waals surface area contributed by atoms with E-state index in [1.54, 1.807) is 7.11 Å². The van der Waals surface area contributed by atoms with Crippen molar-refractivity contribution in [2.45, 2.75) is 6.04 Å². The fourth-order valence-corrected chi connectivity index (χ4v) is 3.00. The quantitative estimate of drug-likeness (QED) is 0.872. The lowest BCUT2D eigenvalue weighted by Gasteiger charge is -2.38. The molecule has 0 bridgehead atoms. The van der Waals surface area contributed by atoms with Gasteiger partial charge in [0.25, 0.3) is 0 Å². The van der Waals surface area contributed by atoms with Gasteiger partial charge in [0.1, 0.15) is 11.8 Å². The van der Waals surface area contributed by atoms with Crippen LogP contribution >= 0.6 is 0 Å². The number of methoxy groups -OCH3 is 1. The van der Waals surface area contributed by atoms with Gasteiger partial charge in [-0.15, -0.1) is 0 Å². The first-order valence-electron chi connectivity index (χ1n) is 7.77. The molecule has 2 saturated heterocycles. The molecule has 1 aromatic rings. The minimum absolute atomic E-state index is 0.152. The number of hydrogen-bond donors (Lipinski definition) is 1. The zero-order valence-electron chi connectivity index (χ0n) is 13.0. The van der Waals surface area contributed by atoms with Gasteiger partial charge in [0.15, 0.2) is 0 Å². The van der Waals surface area contributed by atoms with Gasteiger partial charge in [0.2, 0.25) is 5.91 Å². The highest BCUT2D eigenvalue weighted by molar-refractivity contribution is 5.82. The first-order valence-corrected chi connectivity index (χ1v) is 7.77. The zero-order chi connectivity index (χ0) is 15.4. The topological polar surface area (TPSA) is 54.0 Å². The zero-order valence-corrected chi connectivity index (χ0v) is 13.0. The largest absolute Gasteiger partial charge is 0.495 e. The summed E-state index contributed by atoms with van der Waals surface area (Å²) in [5.41, 5.74) is 1.09. The van der Waals surface area contributed by atoms with Crippen molar-refractivity contribution in [3.05, 3.63) is 24.3 Å². The number of piperazine rings is 1. The third-order valence-electron chi connectivity index (χ3n) is 4.24. The lowest BCUT2D eigenvalue weighted by Crippen LogP contribution is -2.57. The van der Waals surface area contributed by atoms with Crippen LogP contribution in [0, 0.1) is 0 Å². The maximum atomic E-state index is 12.5. The highest BCUT2D eigenvalue weighted by Gasteiger charge is 2.29. The molecule has 0 aliphatic carbocycles. The number of hydrogen-bond acceptors (Lipinski definition) is 5. The SMILES string of the molecule is COc1ccccc1N1CCN(C(=O)C2COCCN2)CC1. The van der Waals surface area contributed by atoms with E-state index in [1.165, 1.54) is 0 Å². The van der Waals surface area contributed by atoms with Gasteiger partial charge in [-0.3, -0.25) is 4.79 Å². The van der Waals surface area contributed by atoms with E-state index >= 15 is 0 Å². The van der Waals surface area contributed by atoms with Gasteiger partial charge in [-0.25, -0.2) is 0 Å². The molecule has 2 fully saturated rings. The van der Waals surface area contributed by atoms with Crippen LogP contribution in [0.1, 0.15) is 0 Å². The number of carbonyl (C=O) groups is 1. The van der Waals surface area contributed by atoms with Crippen molar-refractivity contribution >= 4 is 11.6 Å². The number of rotatable bonds is 3. The lowest BCUT2D eigenvalue weighted by atomic mass is 10.2. The van der Waals surface area contributed by atoms with Crippen molar-refractivity contribution in [2.75, 3.05) is 57.9 Å². The van der Waals surface area contributed by atoms with Crippen molar-refractivity contribution in [1.29, 1.82) is 0 Å². The first kappa shape index (κ1) is 15.1. The van der Waals surface area contributed by atoms with E-state index in [0.29, 0.717) is 13.2 Å². The van der Waals surface area contributed by atoms with E-state index in [2.05, 4.69) is 16.3 Å². The molecule has 2 aliphatic rings. The van der Waals surface area contributed by atoms with Gasteiger partial charge >= 0.3 is 0 Å². The smallest absolute Gasteiger partial charge is 0.242 e. The molecule has 22 heavy (non-hydrogen) atoms. The summed E-state index contributed by atoms with van der Waals surface area (Å²) in [6, 6.07) is 7.82. The number of nitrogens with zero attached hydrogens (tertiary/aromatic N) is 2. The summed E-state index contributed by atoms with van der Waals surface area (Å²) in [7, 11) is 1.69. The fraction of sp³-hybridized carbons (Fsp3) is 0.562. The molecular formula is C16H23N3O3. The van der Waals surface area contributed by atoms with Crippen LogP contribution in [0.15, 0.2) is 24.3 Å². The first-order chi connectivity index (χ1) is 10.8. The second kappa shape index (κ2) is 6.98. The van der Waals surface area contributed by atoms with Crippen LogP contribution in [0.5, 0.6) is 5.75 Å². The van der Waals surface area contributed by atoms with Crippen LogP contribution in [0.2, 0.25) is 0 Å². The van der Waals surface area contributed by atoms with Crippen molar-refractivity contribution in [3.63, 3.8) is 0 Å². The van der Waals surface area contributed by atoms with Gasteiger partial charge in [0, 0.05) is 32.7 Å². The van der Waals surface area contributed by atoms with Crippen LogP contribution in [0.4, 0.5) is 5.69 Å². The molecule has 0 aromatic heterocycles. The van der Waals surface area contributed by atoms with Crippen LogP contribution in [-0.4, -0.2) is 69.9 Å². The number of benzene rings is 1. The highest BCUT2D eigenvalue weighted by atomic mass is 16.5. The van der Waals surface area contributed by atoms with Crippen molar-refractivity contribution in [2.24, 2.45) is 0 Å². The maximum absolute atomic E-state index is 12.5. The third-order valence-corrected chi connectivity index (χ3v) is 4.24. The molecule has 1 aromatic carbocycles. The predicted molar refractivity (Wildman–Crippen MR) is 84.4 cm³/mol. The standard InChI is InChI=1S/C16H23N3O3/c1-21-15-5-3-2-4-14(15)18-7-9-19(10-8-18)16(20)13-12-22-11-6-17-13/h2-5,13,17H,6-12H2,1H3. The molecule has 1 unspecified atom stereocenters. The van der Waals surface area contributed by atoms with E-state index in [0.717, 1.165) is 44.2 Å². The molecule has 1 N–H and O–H groups in total. The van der Waals surface area contributed by atoms with Gasteiger partial charge in [-0.1, -0.05) is 12.1 Å². The number of anilines is 1. The average Bonchev–Trinajstić information content (AvgIpc) is 2.62.